The summed E-state index contributed by atoms with van der Waals surface area (Å²) in [5.74, 6) is 1.30. The number of nitrogens with two attached hydrogens (primary N) is 1. The fourth-order valence-electron chi connectivity index (χ4n) is 3.69. The van der Waals surface area contributed by atoms with Gasteiger partial charge in [0.1, 0.15) is 17.1 Å². The molecule has 0 spiro atoms. The zero-order valence-electron chi connectivity index (χ0n) is 15.6. The number of rotatable bonds is 5. The Labute approximate surface area is 177 Å². The lowest BCUT2D eigenvalue weighted by molar-refractivity contribution is -0.115. The van der Waals surface area contributed by atoms with E-state index in [1.807, 2.05) is 12.1 Å². The third-order valence-electron chi connectivity index (χ3n) is 5.08. The normalized spacial score (nSPS) is 12.7. The van der Waals surface area contributed by atoms with E-state index < -0.39 is 0 Å². The number of thiazole rings is 1. The predicted molar refractivity (Wildman–Crippen MR) is 116 cm³/mol. The van der Waals surface area contributed by atoms with Gasteiger partial charge in [0.2, 0.25) is 5.91 Å². The zero-order chi connectivity index (χ0) is 19.1. The van der Waals surface area contributed by atoms with Crippen LogP contribution in [-0.2, 0) is 30.6 Å². The van der Waals surface area contributed by atoms with Gasteiger partial charge in [-0.15, -0.1) is 12.4 Å². The number of aryl methyl sites for hydroxylation is 2. The summed E-state index contributed by atoms with van der Waals surface area (Å²) in [5, 5.41) is 4.44. The number of carbonyl (C=O) groups excluding carboxylic acids is 1. The molecule has 0 radical (unpaired) electrons. The largest absolute Gasteiger partial charge is 0.464 e. The summed E-state index contributed by atoms with van der Waals surface area (Å²) in [6.07, 6.45) is 7.02. The molecule has 29 heavy (non-hydrogen) atoms. The molecule has 0 aliphatic heterocycles. The number of aromatic nitrogens is 1. The van der Waals surface area contributed by atoms with Crippen molar-refractivity contribution in [3.05, 3.63) is 59.2 Å². The molecular formula is C21H20ClN3O3S. The molecule has 0 fully saturated rings. The maximum atomic E-state index is 12.5. The molecule has 3 aromatic heterocycles. The lowest BCUT2D eigenvalue weighted by Gasteiger charge is -2.02. The van der Waals surface area contributed by atoms with Crippen molar-refractivity contribution < 1.29 is 13.6 Å². The zero-order valence-corrected chi connectivity index (χ0v) is 17.2. The molecule has 1 amide bonds. The van der Waals surface area contributed by atoms with Crippen molar-refractivity contribution in [1.82, 2.24) is 4.98 Å². The Hall–Kier alpha value is -2.61. The maximum absolute atomic E-state index is 12.5. The van der Waals surface area contributed by atoms with Crippen LogP contribution in [0.25, 0.3) is 21.6 Å². The van der Waals surface area contributed by atoms with E-state index in [4.69, 9.17) is 14.6 Å². The van der Waals surface area contributed by atoms with Crippen LogP contribution in [0, 0.1) is 0 Å². The van der Waals surface area contributed by atoms with E-state index in [0.29, 0.717) is 23.2 Å². The topological polar surface area (TPSA) is 94.3 Å². The highest BCUT2D eigenvalue weighted by molar-refractivity contribution is 7.19. The molecular weight excluding hydrogens is 410 g/mol. The highest BCUT2D eigenvalue weighted by Crippen LogP contribution is 2.32. The van der Waals surface area contributed by atoms with Gasteiger partial charge in [0.25, 0.3) is 0 Å². The van der Waals surface area contributed by atoms with Crippen LogP contribution in [-0.4, -0.2) is 10.9 Å². The SMILES string of the molecule is Cl.NCc1ccc(-c2cnc(NC(=O)Cc3coc4cc5c(cc34)CCC5)s2)o1. The highest BCUT2D eigenvalue weighted by Gasteiger charge is 2.17. The Morgan fingerprint density at radius 1 is 1.24 bits per heavy atom. The number of fused-ring (bicyclic) bond motifs is 2. The van der Waals surface area contributed by atoms with E-state index in [-0.39, 0.29) is 24.7 Å². The lowest BCUT2D eigenvalue weighted by atomic mass is 10.0. The Morgan fingerprint density at radius 3 is 2.86 bits per heavy atom. The molecule has 0 bridgehead atoms. The van der Waals surface area contributed by atoms with Crippen LogP contribution >= 0.6 is 23.7 Å². The first-order chi connectivity index (χ1) is 13.7. The first-order valence-corrected chi connectivity index (χ1v) is 10.1. The van der Waals surface area contributed by atoms with Crippen LogP contribution in [0.2, 0.25) is 0 Å². The number of anilines is 1. The minimum atomic E-state index is -0.119. The van der Waals surface area contributed by atoms with Gasteiger partial charge in [-0.3, -0.25) is 4.79 Å². The fourth-order valence-corrected chi connectivity index (χ4v) is 4.48. The smallest absolute Gasteiger partial charge is 0.230 e. The minimum Gasteiger partial charge on any atom is -0.464 e. The van der Waals surface area contributed by atoms with E-state index >= 15 is 0 Å². The van der Waals surface area contributed by atoms with Crippen molar-refractivity contribution in [3.8, 4) is 10.6 Å². The van der Waals surface area contributed by atoms with Crippen LogP contribution in [0.5, 0.6) is 0 Å². The summed E-state index contributed by atoms with van der Waals surface area (Å²) in [4.78, 5) is 17.7. The van der Waals surface area contributed by atoms with Crippen molar-refractivity contribution in [1.29, 1.82) is 0 Å². The summed E-state index contributed by atoms with van der Waals surface area (Å²) in [5.41, 5.74) is 10.1. The van der Waals surface area contributed by atoms with Crippen molar-refractivity contribution >= 4 is 45.8 Å². The van der Waals surface area contributed by atoms with Crippen LogP contribution in [0.3, 0.4) is 0 Å². The second kappa shape index (κ2) is 8.02. The Bertz CT molecular complexity index is 1180. The van der Waals surface area contributed by atoms with Gasteiger partial charge in [0, 0.05) is 10.9 Å². The number of halogens is 1. The molecule has 150 valence electrons. The number of nitrogens with zero attached hydrogens (tertiary/aromatic N) is 1. The second-order valence-corrected chi connectivity index (χ2v) is 7.99. The molecule has 0 atom stereocenters. The van der Waals surface area contributed by atoms with E-state index in [1.54, 1.807) is 12.5 Å². The Morgan fingerprint density at radius 2 is 2.07 bits per heavy atom. The van der Waals surface area contributed by atoms with Gasteiger partial charge >= 0.3 is 0 Å². The number of benzene rings is 1. The quantitative estimate of drug-likeness (QED) is 0.479. The van der Waals surface area contributed by atoms with E-state index in [2.05, 4.69) is 22.4 Å². The average molecular weight is 430 g/mol. The first-order valence-electron chi connectivity index (χ1n) is 9.26. The molecule has 1 aliphatic carbocycles. The van der Waals surface area contributed by atoms with Crippen LogP contribution < -0.4 is 11.1 Å². The van der Waals surface area contributed by atoms with Gasteiger partial charge in [-0.25, -0.2) is 4.98 Å². The average Bonchev–Trinajstić information content (AvgIpc) is 3.47. The van der Waals surface area contributed by atoms with E-state index in [0.717, 1.165) is 34.3 Å². The third kappa shape index (κ3) is 3.81. The van der Waals surface area contributed by atoms with Crippen LogP contribution in [0.1, 0.15) is 28.9 Å². The van der Waals surface area contributed by atoms with Gasteiger partial charge < -0.3 is 19.9 Å². The fraction of sp³-hybridized carbons (Fsp3) is 0.238. The molecule has 4 aromatic rings. The molecule has 3 N–H and O–H groups in total. The monoisotopic (exact) mass is 429 g/mol. The van der Waals surface area contributed by atoms with Gasteiger partial charge in [-0.1, -0.05) is 11.3 Å². The molecule has 1 aliphatic rings. The number of carbonyl (C=O) groups is 1. The van der Waals surface area contributed by atoms with Crippen LogP contribution in [0.15, 0.2) is 45.6 Å². The summed E-state index contributed by atoms with van der Waals surface area (Å²) in [6.45, 7) is 0.351. The lowest BCUT2D eigenvalue weighted by Crippen LogP contribution is -2.13. The Kier molecular flexibility index (Phi) is 5.45. The molecule has 0 saturated carbocycles. The summed E-state index contributed by atoms with van der Waals surface area (Å²) in [6, 6.07) is 7.99. The molecule has 0 saturated heterocycles. The third-order valence-corrected chi connectivity index (χ3v) is 6.00. The van der Waals surface area contributed by atoms with E-state index in [1.165, 1.54) is 28.9 Å². The molecule has 0 unspecified atom stereocenters. The molecule has 3 heterocycles. The number of nitrogens with one attached hydrogen (secondary N) is 1. The van der Waals surface area contributed by atoms with Crippen LogP contribution in [0.4, 0.5) is 5.13 Å². The van der Waals surface area contributed by atoms with Crippen molar-refractivity contribution in [2.24, 2.45) is 5.73 Å². The summed E-state index contributed by atoms with van der Waals surface area (Å²) >= 11 is 1.37. The molecule has 1 aromatic carbocycles. The molecule has 8 heteroatoms. The maximum Gasteiger partial charge on any atom is 0.230 e. The Balaban J connectivity index is 0.00000205. The number of hydrogen-bond acceptors (Lipinski definition) is 6. The minimum absolute atomic E-state index is 0. The summed E-state index contributed by atoms with van der Waals surface area (Å²) < 4.78 is 11.3. The molecule has 5 rings (SSSR count). The molecule has 6 nitrogen and oxygen atoms in total. The number of amides is 1. The number of furan rings is 2. The van der Waals surface area contributed by atoms with E-state index in [9.17, 15) is 4.79 Å². The highest BCUT2D eigenvalue weighted by atomic mass is 35.5. The van der Waals surface area contributed by atoms with Crippen molar-refractivity contribution in [2.45, 2.75) is 32.2 Å². The first kappa shape index (κ1) is 19.7. The standard InChI is InChI=1S/C21H19N3O3S.ClH/c22-9-15-4-5-17(27-15)19-10-23-21(28-19)24-20(25)8-14-11-26-18-7-13-3-1-2-12(13)6-16(14)18;/h4-7,10-11H,1-3,8-9,22H2,(H,23,24,25);1H. The summed E-state index contributed by atoms with van der Waals surface area (Å²) in [7, 11) is 0. The predicted octanol–water partition coefficient (Wildman–Crippen LogP) is 4.70. The number of hydrogen-bond donors (Lipinski definition) is 2. The van der Waals surface area contributed by atoms with Crippen molar-refractivity contribution in [3.63, 3.8) is 0 Å². The van der Waals surface area contributed by atoms with Gasteiger partial charge in [-0.05, 0) is 54.7 Å². The van der Waals surface area contributed by atoms with Gasteiger partial charge in [0.15, 0.2) is 5.13 Å². The second-order valence-electron chi connectivity index (χ2n) is 6.96. The van der Waals surface area contributed by atoms with Gasteiger partial charge in [-0.2, -0.15) is 0 Å². The van der Waals surface area contributed by atoms with Gasteiger partial charge in [0.05, 0.1) is 30.3 Å². The van der Waals surface area contributed by atoms with Crippen molar-refractivity contribution in [2.75, 3.05) is 5.32 Å².